The van der Waals surface area contributed by atoms with Crippen LogP contribution in [0.4, 0.5) is 0 Å². The molecule has 0 unspecified atom stereocenters. The molecule has 3 aromatic rings. The fourth-order valence-electron chi connectivity index (χ4n) is 2.19. The fourth-order valence-corrected chi connectivity index (χ4v) is 2.45. The van der Waals surface area contributed by atoms with Crippen molar-refractivity contribution in [2.75, 3.05) is 0 Å². The molecular formula is C15H13BrN4O. The highest BCUT2D eigenvalue weighted by Crippen LogP contribution is 2.20. The molecule has 0 saturated carbocycles. The van der Waals surface area contributed by atoms with E-state index in [1.165, 1.54) is 0 Å². The second kappa shape index (κ2) is 5.65. The molecule has 6 heteroatoms. The van der Waals surface area contributed by atoms with Gasteiger partial charge in [0.2, 0.25) is 0 Å². The molecule has 0 aliphatic rings. The summed E-state index contributed by atoms with van der Waals surface area (Å²) < 4.78 is 4.52. The minimum absolute atomic E-state index is 0.565. The summed E-state index contributed by atoms with van der Waals surface area (Å²) in [7, 11) is 1.83. The normalized spacial score (nSPS) is 10.8. The van der Waals surface area contributed by atoms with E-state index in [1.807, 2.05) is 37.4 Å². The topological polar surface area (TPSA) is 52.7 Å². The molecule has 21 heavy (non-hydrogen) atoms. The van der Waals surface area contributed by atoms with Gasteiger partial charge in [-0.2, -0.15) is 10.2 Å². The van der Waals surface area contributed by atoms with Gasteiger partial charge in [0.15, 0.2) is 6.29 Å². The van der Waals surface area contributed by atoms with E-state index in [0.29, 0.717) is 17.8 Å². The Morgan fingerprint density at radius 1 is 1.24 bits per heavy atom. The molecule has 0 amide bonds. The van der Waals surface area contributed by atoms with Crippen LogP contribution in [0.1, 0.15) is 15.9 Å². The van der Waals surface area contributed by atoms with Crippen LogP contribution >= 0.6 is 15.9 Å². The minimum atomic E-state index is 0.565. The molecule has 0 aliphatic heterocycles. The van der Waals surface area contributed by atoms with Gasteiger partial charge < -0.3 is 0 Å². The van der Waals surface area contributed by atoms with Gasteiger partial charge in [-0.05, 0) is 23.8 Å². The van der Waals surface area contributed by atoms with E-state index < -0.39 is 0 Å². The molecule has 0 radical (unpaired) electrons. The van der Waals surface area contributed by atoms with Gasteiger partial charge in [-0.1, -0.05) is 28.1 Å². The zero-order valence-electron chi connectivity index (χ0n) is 11.4. The molecule has 2 heterocycles. The Bertz CT molecular complexity index is 773. The molecule has 0 bridgehead atoms. The molecule has 1 aromatic carbocycles. The van der Waals surface area contributed by atoms with Crippen molar-refractivity contribution in [3.05, 3.63) is 58.3 Å². The van der Waals surface area contributed by atoms with E-state index in [0.717, 1.165) is 22.0 Å². The standard InChI is InChI=1S/C15H13BrN4O/c1-19-14(6-7-17-19)15-12(10-21)9-20(18-15)8-11-2-4-13(16)5-3-11/h2-7,9-10H,8H2,1H3. The average Bonchev–Trinajstić information content (AvgIpc) is 3.07. The third-order valence-electron chi connectivity index (χ3n) is 3.24. The number of hydrogen-bond acceptors (Lipinski definition) is 3. The zero-order valence-corrected chi connectivity index (χ0v) is 13.0. The van der Waals surface area contributed by atoms with Crippen molar-refractivity contribution in [1.29, 1.82) is 0 Å². The van der Waals surface area contributed by atoms with Crippen molar-refractivity contribution in [2.24, 2.45) is 7.05 Å². The number of carbonyl (C=O) groups is 1. The number of nitrogens with zero attached hydrogens (tertiary/aromatic N) is 4. The number of aldehydes is 1. The van der Waals surface area contributed by atoms with Gasteiger partial charge in [0.1, 0.15) is 5.69 Å². The maximum Gasteiger partial charge on any atom is 0.153 e. The number of rotatable bonds is 4. The van der Waals surface area contributed by atoms with Crippen LogP contribution in [-0.4, -0.2) is 25.8 Å². The minimum Gasteiger partial charge on any atom is -0.298 e. The maximum absolute atomic E-state index is 11.3. The third-order valence-corrected chi connectivity index (χ3v) is 3.77. The first kappa shape index (κ1) is 13.8. The first-order valence-electron chi connectivity index (χ1n) is 6.43. The van der Waals surface area contributed by atoms with Gasteiger partial charge in [-0.15, -0.1) is 0 Å². The Kier molecular flexibility index (Phi) is 3.70. The van der Waals surface area contributed by atoms with Crippen molar-refractivity contribution < 1.29 is 4.79 Å². The summed E-state index contributed by atoms with van der Waals surface area (Å²) in [4.78, 5) is 11.3. The van der Waals surface area contributed by atoms with Gasteiger partial charge in [-0.3, -0.25) is 14.2 Å². The van der Waals surface area contributed by atoms with Gasteiger partial charge in [0, 0.05) is 23.9 Å². The van der Waals surface area contributed by atoms with Crippen molar-refractivity contribution in [2.45, 2.75) is 6.54 Å². The molecule has 0 fully saturated rings. The van der Waals surface area contributed by atoms with Crippen LogP contribution in [0.25, 0.3) is 11.4 Å². The summed E-state index contributed by atoms with van der Waals surface area (Å²) in [6, 6.07) is 9.87. The highest BCUT2D eigenvalue weighted by atomic mass is 79.9. The highest BCUT2D eigenvalue weighted by molar-refractivity contribution is 9.10. The number of halogens is 1. The second-order valence-electron chi connectivity index (χ2n) is 4.71. The second-order valence-corrected chi connectivity index (χ2v) is 5.63. The van der Waals surface area contributed by atoms with Crippen LogP contribution in [0.2, 0.25) is 0 Å². The van der Waals surface area contributed by atoms with Gasteiger partial charge in [-0.25, -0.2) is 0 Å². The summed E-state index contributed by atoms with van der Waals surface area (Å²) in [6.45, 7) is 0.617. The SMILES string of the molecule is Cn1nccc1-c1nn(Cc2ccc(Br)cc2)cc1C=O. The third kappa shape index (κ3) is 2.80. The predicted molar refractivity (Wildman–Crippen MR) is 83.1 cm³/mol. The average molecular weight is 345 g/mol. The van der Waals surface area contributed by atoms with Crippen LogP contribution in [0.3, 0.4) is 0 Å². The Labute approximate surface area is 130 Å². The lowest BCUT2D eigenvalue weighted by Gasteiger charge is -2.02. The summed E-state index contributed by atoms with van der Waals surface area (Å²) in [5, 5.41) is 8.63. The van der Waals surface area contributed by atoms with Crippen molar-refractivity contribution >= 4 is 22.2 Å². The Balaban J connectivity index is 1.94. The Morgan fingerprint density at radius 2 is 2.00 bits per heavy atom. The first-order chi connectivity index (χ1) is 10.2. The van der Waals surface area contributed by atoms with E-state index in [-0.39, 0.29) is 0 Å². The lowest BCUT2D eigenvalue weighted by Crippen LogP contribution is -2.01. The molecule has 106 valence electrons. The van der Waals surface area contributed by atoms with Gasteiger partial charge in [0.25, 0.3) is 0 Å². The lowest BCUT2D eigenvalue weighted by atomic mass is 10.2. The van der Waals surface area contributed by atoms with Crippen LogP contribution < -0.4 is 0 Å². The largest absolute Gasteiger partial charge is 0.298 e. The molecule has 5 nitrogen and oxygen atoms in total. The fraction of sp³-hybridized carbons (Fsp3) is 0.133. The van der Waals surface area contributed by atoms with E-state index in [9.17, 15) is 4.79 Å². The summed E-state index contributed by atoms with van der Waals surface area (Å²) in [5.74, 6) is 0. The number of hydrogen-bond donors (Lipinski definition) is 0. The zero-order chi connectivity index (χ0) is 14.8. The van der Waals surface area contributed by atoms with E-state index in [2.05, 4.69) is 26.1 Å². The first-order valence-corrected chi connectivity index (χ1v) is 7.22. The quantitative estimate of drug-likeness (QED) is 0.684. The van der Waals surface area contributed by atoms with Crippen molar-refractivity contribution in [3.63, 3.8) is 0 Å². The molecule has 3 rings (SSSR count). The van der Waals surface area contributed by atoms with Gasteiger partial charge in [0.05, 0.1) is 17.8 Å². The molecule has 0 saturated heterocycles. The Hall–Kier alpha value is -2.21. The van der Waals surface area contributed by atoms with Crippen LogP contribution in [0, 0.1) is 0 Å². The molecular weight excluding hydrogens is 332 g/mol. The van der Waals surface area contributed by atoms with Crippen molar-refractivity contribution in [3.8, 4) is 11.4 Å². The molecule has 0 aliphatic carbocycles. The van der Waals surface area contributed by atoms with E-state index >= 15 is 0 Å². The number of aryl methyl sites for hydroxylation is 1. The molecule has 2 aromatic heterocycles. The molecule has 0 atom stereocenters. The predicted octanol–water partition coefficient (Wildman–Crippen LogP) is 2.91. The van der Waals surface area contributed by atoms with Crippen LogP contribution in [0.15, 0.2) is 47.2 Å². The summed E-state index contributed by atoms with van der Waals surface area (Å²) >= 11 is 3.41. The number of aromatic nitrogens is 4. The van der Waals surface area contributed by atoms with E-state index in [4.69, 9.17) is 0 Å². The van der Waals surface area contributed by atoms with Crippen molar-refractivity contribution in [1.82, 2.24) is 19.6 Å². The number of benzene rings is 1. The summed E-state index contributed by atoms with van der Waals surface area (Å²) in [5.41, 5.74) is 3.17. The molecule has 0 N–H and O–H groups in total. The van der Waals surface area contributed by atoms with E-state index in [1.54, 1.807) is 21.8 Å². The van der Waals surface area contributed by atoms with Gasteiger partial charge >= 0.3 is 0 Å². The van der Waals surface area contributed by atoms with Crippen LogP contribution in [-0.2, 0) is 13.6 Å². The monoisotopic (exact) mass is 344 g/mol. The maximum atomic E-state index is 11.3. The smallest absolute Gasteiger partial charge is 0.153 e. The molecule has 0 spiro atoms. The highest BCUT2D eigenvalue weighted by Gasteiger charge is 2.13. The van der Waals surface area contributed by atoms with Crippen LogP contribution in [0.5, 0.6) is 0 Å². The Morgan fingerprint density at radius 3 is 2.62 bits per heavy atom. The lowest BCUT2D eigenvalue weighted by molar-refractivity contribution is 0.112. The summed E-state index contributed by atoms with van der Waals surface area (Å²) in [6.07, 6.45) is 4.28. The number of carbonyl (C=O) groups excluding carboxylic acids is 1.